The van der Waals surface area contributed by atoms with Crippen LogP contribution in [0, 0.1) is 5.82 Å². The Hall–Kier alpha value is -1.86. The Morgan fingerprint density at radius 1 is 1.41 bits per heavy atom. The smallest absolute Gasteiger partial charge is 0.491 e. The van der Waals surface area contributed by atoms with E-state index in [0.29, 0.717) is 5.75 Å². The SMILES string of the molecule is COc1ccc(-n2cc(B(O)O)cn2)c(F)c1. The van der Waals surface area contributed by atoms with Gasteiger partial charge in [-0.1, -0.05) is 0 Å². The number of hydrogen-bond donors (Lipinski definition) is 2. The predicted molar refractivity (Wildman–Crippen MR) is 59.9 cm³/mol. The second-order valence-electron chi connectivity index (χ2n) is 3.41. The summed E-state index contributed by atoms with van der Waals surface area (Å²) < 4.78 is 19.8. The molecule has 0 aliphatic heterocycles. The van der Waals surface area contributed by atoms with Crippen molar-refractivity contribution in [3.05, 3.63) is 36.4 Å². The summed E-state index contributed by atoms with van der Waals surface area (Å²) in [5, 5.41) is 21.7. The fourth-order valence-electron chi connectivity index (χ4n) is 1.40. The Morgan fingerprint density at radius 2 is 2.18 bits per heavy atom. The number of halogens is 1. The van der Waals surface area contributed by atoms with E-state index in [1.807, 2.05) is 0 Å². The molecule has 1 aromatic heterocycles. The lowest BCUT2D eigenvalue weighted by Gasteiger charge is -2.05. The largest absolute Gasteiger partial charge is 0.497 e. The van der Waals surface area contributed by atoms with Gasteiger partial charge in [0.15, 0.2) is 5.82 Å². The molecule has 0 amide bonds. The average molecular weight is 236 g/mol. The standard InChI is InChI=1S/C10H10BFN2O3/c1-17-8-2-3-10(9(12)4-8)14-6-7(5-13-14)11(15)16/h2-6,15-16H,1H3. The number of ether oxygens (including phenoxy) is 1. The third-order valence-electron chi connectivity index (χ3n) is 2.30. The van der Waals surface area contributed by atoms with E-state index < -0.39 is 12.9 Å². The highest BCUT2D eigenvalue weighted by Gasteiger charge is 2.15. The minimum atomic E-state index is -1.62. The molecule has 0 aliphatic carbocycles. The lowest BCUT2D eigenvalue weighted by Crippen LogP contribution is -2.28. The van der Waals surface area contributed by atoms with Crippen LogP contribution < -0.4 is 10.2 Å². The van der Waals surface area contributed by atoms with Gasteiger partial charge in [0.1, 0.15) is 11.4 Å². The van der Waals surface area contributed by atoms with Crippen molar-refractivity contribution in [1.29, 1.82) is 0 Å². The van der Waals surface area contributed by atoms with E-state index in [4.69, 9.17) is 14.8 Å². The van der Waals surface area contributed by atoms with Crippen LogP contribution in [-0.2, 0) is 0 Å². The predicted octanol–water partition coefficient (Wildman–Crippen LogP) is -0.300. The molecule has 0 bridgehead atoms. The number of benzene rings is 1. The van der Waals surface area contributed by atoms with Crippen LogP contribution >= 0.6 is 0 Å². The van der Waals surface area contributed by atoms with Gasteiger partial charge in [-0.3, -0.25) is 0 Å². The van der Waals surface area contributed by atoms with Crippen molar-refractivity contribution in [3.63, 3.8) is 0 Å². The normalized spacial score (nSPS) is 10.4. The first kappa shape index (κ1) is 11.6. The molecule has 2 N–H and O–H groups in total. The summed E-state index contributed by atoms with van der Waals surface area (Å²) in [6.07, 6.45) is 2.60. The molecule has 0 spiro atoms. The Balaban J connectivity index is 2.38. The quantitative estimate of drug-likeness (QED) is 0.718. The van der Waals surface area contributed by atoms with Gasteiger partial charge in [-0.05, 0) is 12.1 Å². The summed E-state index contributed by atoms with van der Waals surface area (Å²) in [5.41, 5.74) is 0.401. The zero-order chi connectivity index (χ0) is 12.4. The molecule has 1 aromatic carbocycles. The summed E-state index contributed by atoms with van der Waals surface area (Å²) in [6.45, 7) is 0. The minimum absolute atomic E-state index is 0.195. The first-order valence-electron chi connectivity index (χ1n) is 4.86. The highest BCUT2D eigenvalue weighted by Crippen LogP contribution is 2.18. The molecule has 7 heteroatoms. The highest BCUT2D eigenvalue weighted by molar-refractivity contribution is 6.58. The molecule has 0 atom stereocenters. The molecule has 0 unspecified atom stereocenters. The van der Waals surface area contributed by atoms with Gasteiger partial charge in [0.05, 0.1) is 7.11 Å². The molecule has 0 radical (unpaired) electrons. The summed E-state index contributed by atoms with van der Waals surface area (Å²) in [4.78, 5) is 0. The van der Waals surface area contributed by atoms with Crippen LogP contribution in [0.3, 0.4) is 0 Å². The van der Waals surface area contributed by atoms with Crippen molar-refractivity contribution in [3.8, 4) is 11.4 Å². The fourth-order valence-corrected chi connectivity index (χ4v) is 1.40. The van der Waals surface area contributed by atoms with Crippen LogP contribution in [0.15, 0.2) is 30.6 Å². The maximum Gasteiger partial charge on any atom is 0.491 e. The molecule has 0 aliphatic rings. The van der Waals surface area contributed by atoms with Gasteiger partial charge in [0.25, 0.3) is 0 Å². The van der Waals surface area contributed by atoms with Gasteiger partial charge in [0, 0.05) is 23.9 Å². The van der Waals surface area contributed by atoms with Crippen molar-refractivity contribution in [1.82, 2.24) is 9.78 Å². The van der Waals surface area contributed by atoms with Gasteiger partial charge in [0.2, 0.25) is 0 Å². The third kappa shape index (κ3) is 2.30. The van der Waals surface area contributed by atoms with Gasteiger partial charge in [-0.25, -0.2) is 9.07 Å². The third-order valence-corrected chi connectivity index (χ3v) is 2.30. The highest BCUT2D eigenvalue weighted by atomic mass is 19.1. The van der Waals surface area contributed by atoms with E-state index in [1.165, 1.54) is 36.3 Å². The topological polar surface area (TPSA) is 67.5 Å². The Kier molecular flexibility index (Phi) is 3.12. The molecule has 17 heavy (non-hydrogen) atoms. The monoisotopic (exact) mass is 236 g/mol. The lowest BCUT2D eigenvalue weighted by molar-refractivity contribution is 0.411. The Labute approximate surface area is 97.2 Å². The molecule has 2 rings (SSSR count). The Bertz CT molecular complexity index is 530. The van der Waals surface area contributed by atoms with E-state index in [1.54, 1.807) is 6.07 Å². The number of methoxy groups -OCH3 is 1. The van der Waals surface area contributed by atoms with Crippen molar-refractivity contribution in [2.75, 3.05) is 7.11 Å². The molecular weight excluding hydrogens is 226 g/mol. The average Bonchev–Trinajstić information content (AvgIpc) is 2.78. The second kappa shape index (κ2) is 4.56. The fraction of sp³-hybridized carbons (Fsp3) is 0.100. The van der Waals surface area contributed by atoms with Crippen molar-refractivity contribution >= 4 is 12.6 Å². The molecule has 5 nitrogen and oxygen atoms in total. The van der Waals surface area contributed by atoms with Crippen LogP contribution in [0.2, 0.25) is 0 Å². The molecule has 0 fully saturated rings. The summed E-state index contributed by atoms with van der Waals surface area (Å²) >= 11 is 0. The van der Waals surface area contributed by atoms with Crippen LogP contribution in [0.4, 0.5) is 4.39 Å². The number of rotatable bonds is 3. The number of hydrogen-bond acceptors (Lipinski definition) is 4. The maximum atomic E-state index is 13.7. The lowest BCUT2D eigenvalue weighted by atomic mass is 9.83. The minimum Gasteiger partial charge on any atom is -0.497 e. The van der Waals surface area contributed by atoms with E-state index >= 15 is 0 Å². The van der Waals surface area contributed by atoms with Crippen molar-refractivity contribution < 1.29 is 19.2 Å². The molecular formula is C10H10BFN2O3. The van der Waals surface area contributed by atoms with E-state index in [2.05, 4.69) is 5.10 Å². The van der Waals surface area contributed by atoms with Crippen molar-refractivity contribution in [2.24, 2.45) is 0 Å². The second-order valence-corrected chi connectivity index (χ2v) is 3.41. The van der Waals surface area contributed by atoms with Gasteiger partial charge < -0.3 is 14.8 Å². The summed E-state index contributed by atoms with van der Waals surface area (Å²) in [5.74, 6) is -0.104. The zero-order valence-electron chi connectivity index (χ0n) is 9.04. The van der Waals surface area contributed by atoms with Crippen LogP contribution in [0.5, 0.6) is 5.75 Å². The Morgan fingerprint density at radius 3 is 2.71 bits per heavy atom. The molecule has 0 saturated carbocycles. The molecule has 0 saturated heterocycles. The van der Waals surface area contributed by atoms with Crippen LogP contribution in [0.25, 0.3) is 5.69 Å². The number of aromatic nitrogens is 2. The van der Waals surface area contributed by atoms with Gasteiger partial charge >= 0.3 is 7.12 Å². The van der Waals surface area contributed by atoms with Gasteiger partial charge in [-0.15, -0.1) is 0 Å². The van der Waals surface area contributed by atoms with E-state index in [9.17, 15) is 4.39 Å². The summed E-state index contributed by atoms with van der Waals surface area (Å²) in [7, 11) is -0.173. The molecule has 88 valence electrons. The van der Waals surface area contributed by atoms with E-state index in [0.717, 1.165) is 0 Å². The summed E-state index contributed by atoms with van der Waals surface area (Å²) in [6, 6.07) is 4.32. The number of nitrogens with zero attached hydrogens (tertiary/aromatic N) is 2. The first-order chi connectivity index (χ1) is 8.11. The van der Waals surface area contributed by atoms with E-state index in [-0.39, 0.29) is 11.2 Å². The van der Waals surface area contributed by atoms with Gasteiger partial charge in [-0.2, -0.15) is 5.10 Å². The zero-order valence-corrected chi connectivity index (χ0v) is 9.04. The molecule has 2 aromatic rings. The van der Waals surface area contributed by atoms with Crippen LogP contribution in [0.1, 0.15) is 0 Å². The van der Waals surface area contributed by atoms with Crippen molar-refractivity contribution in [2.45, 2.75) is 0 Å². The van der Waals surface area contributed by atoms with Crippen LogP contribution in [-0.4, -0.2) is 34.1 Å². The maximum absolute atomic E-state index is 13.7. The first-order valence-corrected chi connectivity index (χ1v) is 4.86. The molecule has 1 heterocycles.